The molecule has 11 rings (SSSR count). The van der Waals surface area contributed by atoms with Crippen molar-refractivity contribution in [1.29, 1.82) is 0 Å². The van der Waals surface area contributed by atoms with E-state index in [2.05, 4.69) is 206 Å². The fraction of sp³-hybridized carbons (Fsp3) is 0. The number of hydrogen-bond donors (Lipinski definition) is 0. The average Bonchev–Trinajstić information content (AvgIpc) is 3.88. The van der Waals surface area contributed by atoms with Gasteiger partial charge in [-0.05, 0) is 143 Å². The summed E-state index contributed by atoms with van der Waals surface area (Å²) in [4.78, 5) is 10.9. The number of nitrogens with zero attached hydrogens (tertiary/aromatic N) is 5. The molecular weight excluding hydrogens is 719 g/mol. The summed E-state index contributed by atoms with van der Waals surface area (Å²) in [6.45, 7) is 0. The van der Waals surface area contributed by atoms with Crippen molar-refractivity contribution in [2.45, 2.75) is 0 Å². The van der Waals surface area contributed by atoms with E-state index in [0.717, 1.165) is 56.3 Å². The largest absolute Gasteiger partial charge is 0.317 e. The van der Waals surface area contributed by atoms with E-state index in [1.165, 1.54) is 38.3 Å². The van der Waals surface area contributed by atoms with Gasteiger partial charge in [-0.1, -0.05) is 84.9 Å². The molecule has 7 aromatic carbocycles. The van der Waals surface area contributed by atoms with E-state index in [1.807, 2.05) is 43.0 Å². The summed E-state index contributed by atoms with van der Waals surface area (Å²) in [5.41, 5.74) is 15.9. The lowest BCUT2D eigenvalue weighted by molar-refractivity contribution is 1.13. The van der Waals surface area contributed by atoms with Crippen molar-refractivity contribution in [2.75, 3.05) is 4.90 Å². The zero-order chi connectivity index (χ0) is 39.1. The van der Waals surface area contributed by atoms with Crippen LogP contribution < -0.4 is 4.90 Å². The number of benzene rings is 7. The minimum absolute atomic E-state index is 1.07. The molecule has 0 spiro atoms. The Morgan fingerprint density at radius 2 is 0.915 bits per heavy atom. The molecule has 0 bridgehead atoms. The Balaban J connectivity index is 1.01. The van der Waals surface area contributed by atoms with Gasteiger partial charge in [0.1, 0.15) is 0 Å². The first-order valence-electron chi connectivity index (χ1n) is 19.9. The predicted octanol–water partition coefficient (Wildman–Crippen LogP) is 14.0. The number of rotatable bonds is 8. The van der Waals surface area contributed by atoms with Crippen LogP contribution in [0.3, 0.4) is 0 Å². The van der Waals surface area contributed by atoms with E-state index in [0.29, 0.717) is 0 Å². The molecule has 0 fully saturated rings. The van der Waals surface area contributed by atoms with Crippen molar-refractivity contribution in [3.63, 3.8) is 0 Å². The van der Waals surface area contributed by atoms with Gasteiger partial charge in [0.15, 0.2) is 0 Å². The van der Waals surface area contributed by atoms with E-state index in [1.54, 1.807) is 0 Å². The van der Waals surface area contributed by atoms with Crippen molar-refractivity contribution in [3.05, 3.63) is 225 Å². The number of pyridine rings is 2. The Morgan fingerprint density at radius 1 is 0.356 bits per heavy atom. The number of anilines is 3. The maximum atomic E-state index is 4.33. The highest BCUT2D eigenvalue weighted by Gasteiger charge is 2.18. The first-order chi connectivity index (χ1) is 29.2. The van der Waals surface area contributed by atoms with Gasteiger partial charge in [0, 0.05) is 75.6 Å². The fourth-order valence-corrected chi connectivity index (χ4v) is 8.43. The van der Waals surface area contributed by atoms with Gasteiger partial charge in [-0.3, -0.25) is 9.97 Å². The number of hydrogen-bond acceptors (Lipinski definition) is 3. The minimum atomic E-state index is 1.07. The van der Waals surface area contributed by atoms with Crippen molar-refractivity contribution in [3.8, 4) is 44.8 Å². The molecule has 5 nitrogen and oxygen atoms in total. The van der Waals surface area contributed by atoms with Crippen LogP contribution in [-0.4, -0.2) is 19.1 Å². The second kappa shape index (κ2) is 14.5. The standard InChI is InChI=1S/C54H37N5/c1-3-9-45(10-4-1)57-33-29-43-35-54-51(36-53(43)57)50-34-42(19-26-52(50)59(54)46-11-5-2-6-12-46)39-15-22-48(23-16-39)58(47-20-13-38(14-21-47)41-27-31-55-32-28-41)49-24-17-40(18-25-49)44-8-7-30-56-37-44/h1-37H. The van der Waals surface area contributed by atoms with Crippen molar-refractivity contribution < 1.29 is 0 Å². The van der Waals surface area contributed by atoms with E-state index in [4.69, 9.17) is 0 Å². The Morgan fingerprint density at radius 3 is 1.54 bits per heavy atom. The molecule has 278 valence electrons. The zero-order valence-corrected chi connectivity index (χ0v) is 32.1. The van der Waals surface area contributed by atoms with E-state index >= 15 is 0 Å². The van der Waals surface area contributed by atoms with Crippen LogP contribution in [0.15, 0.2) is 225 Å². The van der Waals surface area contributed by atoms with Crippen molar-refractivity contribution in [2.24, 2.45) is 0 Å². The van der Waals surface area contributed by atoms with Crippen LogP contribution in [0.1, 0.15) is 0 Å². The summed E-state index contributed by atoms with van der Waals surface area (Å²) in [7, 11) is 0. The third-order valence-electron chi connectivity index (χ3n) is 11.3. The Bertz CT molecular complexity index is 3130. The van der Waals surface area contributed by atoms with Gasteiger partial charge in [0.25, 0.3) is 0 Å². The summed E-state index contributed by atoms with van der Waals surface area (Å²) < 4.78 is 4.68. The van der Waals surface area contributed by atoms with Crippen LogP contribution in [0.5, 0.6) is 0 Å². The summed E-state index contributed by atoms with van der Waals surface area (Å²) in [6, 6.07) is 69.7. The molecule has 4 heterocycles. The summed E-state index contributed by atoms with van der Waals surface area (Å²) >= 11 is 0. The smallest absolute Gasteiger partial charge is 0.0548 e. The predicted molar refractivity (Wildman–Crippen MR) is 244 cm³/mol. The summed E-state index contributed by atoms with van der Waals surface area (Å²) in [5, 5.41) is 3.65. The highest BCUT2D eigenvalue weighted by Crippen LogP contribution is 2.40. The maximum absolute atomic E-state index is 4.33. The molecule has 0 N–H and O–H groups in total. The lowest BCUT2D eigenvalue weighted by atomic mass is 10.0. The SMILES string of the molecule is c1ccc(-n2ccc3cc4c(cc32)c2cc(-c3ccc(N(c5ccc(-c6ccncc6)cc5)c5ccc(-c6cccnc6)cc5)cc3)ccc2n4-c2ccccc2)cc1. The fourth-order valence-electron chi connectivity index (χ4n) is 8.43. The molecule has 0 saturated heterocycles. The average molecular weight is 756 g/mol. The van der Waals surface area contributed by atoms with Crippen LogP contribution in [-0.2, 0) is 0 Å². The number of fused-ring (bicyclic) bond motifs is 4. The first-order valence-corrected chi connectivity index (χ1v) is 19.9. The van der Waals surface area contributed by atoms with Gasteiger partial charge in [-0.15, -0.1) is 0 Å². The molecule has 0 saturated carbocycles. The molecule has 0 amide bonds. The highest BCUT2D eigenvalue weighted by molar-refractivity contribution is 6.14. The van der Waals surface area contributed by atoms with Gasteiger partial charge in [0.2, 0.25) is 0 Å². The number of aromatic nitrogens is 4. The normalized spacial score (nSPS) is 11.4. The molecule has 0 aliphatic carbocycles. The molecule has 5 heteroatoms. The monoisotopic (exact) mass is 755 g/mol. The van der Waals surface area contributed by atoms with Gasteiger partial charge in [-0.25, -0.2) is 0 Å². The van der Waals surface area contributed by atoms with Gasteiger partial charge in [0.05, 0.1) is 16.6 Å². The molecule has 0 aliphatic heterocycles. The van der Waals surface area contributed by atoms with Gasteiger partial charge in [-0.2, -0.15) is 0 Å². The quantitative estimate of drug-likeness (QED) is 0.155. The van der Waals surface area contributed by atoms with E-state index in [-0.39, 0.29) is 0 Å². The second-order valence-electron chi connectivity index (χ2n) is 14.8. The van der Waals surface area contributed by atoms with E-state index < -0.39 is 0 Å². The van der Waals surface area contributed by atoms with E-state index in [9.17, 15) is 0 Å². The molecule has 11 aromatic rings. The van der Waals surface area contributed by atoms with Crippen molar-refractivity contribution in [1.82, 2.24) is 19.1 Å². The summed E-state index contributed by atoms with van der Waals surface area (Å²) in [6.07, 6.45) is 9.56. The molecular formula is C54H37N5. The van der Waals surface area contributed by atoms with Gasteiger partial charge < -0.3 is 14.0 Å². The minimum Gasteiger partial charge on any atom is -0.317 e. The molecule has 0 unspecified atom stereocenters. The Hall–Kier alpha value is -8.02. The van der Waals surface area contributed by atoms with Gasteiger partial charge >= 0.3 is 0 Å². The van der Waals surface area contributed by atoms with Crippen molar-refractivity contribution >= 4 is 49.8 Å². The van der Waals surface area contributed by atoms with Crippen LogP contribution in [0.25, 0.3) is 77.5 Å². The zero-order valence-electron chi connectivity index (χ0n) is 32.1. The second-order valence-corrected chi connectivity index (χ2v) is 14.8. The maximum Gasteiger partial charge on any atom is 0.0548 e. The Kier molecular flexibility index (Phi) is 8.41. The molecule has 0 atom stereocenters. The lowest BCUT2D eigenvalue weighted by Crippen LogP contribution is -2.09. The first kappa shape index (κ1) is 34.2. The molecule has 59 heavy (non-hydrogen) atoms. The Labute approximate surface area is 342 Å². The third-order valence-corrected chi connectivity index (χ3v) is 11.3. The molecule has 4 aromatic heterocycles. The van der Waals surface area contributed by atoms with Crippen LogP contribution in [0.4, 0.5) is 17.1 Å². The molecule has 0 radical (unpaired) electrons. The van der Waals surface area contributed by atoms with Crippen LogP contribution in [0, 0.1) is 0 Å². The summed E-state index contributed by atoms with van der Waals surface area (Å²) in [5.74, 6) is 0. The lowest BCUT2D eigenvalue weighted by Gasteiger charge is -2.26. The number of para-hydroxylation sites is 2. The van der Waals surface area contributed by atoms with Crippen LogP contribution in [0.2, 0.25) is 0 Å². The highest BCUT2D eigenvalue weighted by atomic mass is 15.1. The van der Waals surface area contributed by atoms with Crippen LogP contribution >= 0.6 is 0 Å². The topological polar surface area (TPSA) is 38.9 Å². The third kappa shape index (κ3) is 6.22. The molecule has 0 aliphatic rings.